The van der Waals surface area contributed by atoms with E-state index in [0.717, 1.165) is 0 Å². The second-order valence-electron chi connectivity index (χ2n) is 6.22. The molecule has 1 aliphatic heterocycles. The van der Waals surface area contributed by atoms with Crippen molar-refractivity contribution in [2.45, 2.75) is 0 Å². The average Bonchev–Trinajstić information content (AvgIpc) is 2.73. The summed E-state index contributed by atoms with van der Waals surface area (Å²) in [7, 11) is 1.46. The minimum Gasteiger partial charge on any atom is -0.504 e. The van der Waals surface area contributed by atoms with Crippen LogP contribution in [-0.2, 0) is 14.4 Å². The Morgan fingerprint density at radius 2 is 1.93 bits per heavy atom. The Hall–Kier alpha value is -3.36. The number of amides is 1. The number of phenolic OH excluding ortho intramolecular Hbond substituents is 1. The number of aromatic hydroxyl groups is 1. The highest BCUT2D eigenvalue weighted by Crippen LogP contribution is 2.26. The fourth-order valence-corrected chi connectivity index (χ4v) is 2.73. The van der Waals surface area contributed by atoms with Crippen LogP contribution in [0.15, 0.2) is 48.5 Å². The molecule has 0 atom stereocenters. The SMILES string of the molecule is COc1ccc(/C=C/C(=O)Nc2ccccc2C(=O)ON2CCOCC2)cc1O. The summed E-state index contributed by atoms with van der Waals surface area (Å²) in [6.45, 7) is 1.99. The second-order valence-corrected chi connectivity index (χ2v) is 6.22. The van der Waals surface area contributed by atoms with Gasteiger partial charge < -0.3 is 24.7 Å². The number of rotatable bonds is 6. The maximum atomic E-state index is 12.5. The molecule has 1 aliphatic rings. The lowest BCUT2D eigenvalue weighted by Gasteiger charge is -2.25. The van der Waals surface area contributed by atoms with E-state index in [9.17, 15) is 14.7 Å². The van der Waals surface area contributed by atoms with Gasteiger partial charge in [-0.2, -0.15) is 0 Å². The lowest BCUT2D eigenvalue weighted by molar-refractivity contribution is -0.150. The van der Waals surface area contributed by atoms with Crippen LogP contribution in [0.4, 0.5) is 5.69 Å². The second kappa shape index (κ2) is 9.72. The highest BCUT2D eigenvalue weighted by molar-refractivity contribution is 6.06. The lowest BCUT2D eigenvalue weighted by atomic mass is 10.1. The van der Waals surface area contributed by atoms with Gasteiger partial charge in [0.15, 0.2) is 11.5 Å². The molecule has 1 fully saturated rings. The zero-order valence-electron chi connectivity index (χ0n) is 16.0. The van der Waals surface area contributed by atoms with Gasteiger partial charge in [0.25, 0.3) is 0 Å². The predicted molar refractivity (Wildman–Crippen MR) is 107 cm³/mol. The molecule has 3 rings (SSSR count). The maximum Gasteiger partial charge on any atom is 0.359 e. The number of phenols is 1. The molecule has 2 aromatic carbocycles. The predicted octanol–water partition coefficient (Wildman–Crippen LogP) is 2.46. The van der Waals surface area contributed by atoms with Gasteiger partial charge in [0.1, 0.15) is 0 Å². The van der Waals surface area contributed by atoms with E-state index in [2.05, 4.69) is 5.32 Å². The number of hydroxylamine groups is 2. The van der Waals surface area contributed by atoms with Crippen LogP contribution in [0.25, 0.3) is 6.08 Å². The van der Waals surface area contributed by atoms with E-state index in [4.69, 9.17) is 14.3 Å². The first-order valence-electron chi connectivity index (χ1n) is 9.07. The molecule has 1 heterocycles. The van der Waals surface area contributed by atoms with Gasteiger partial charge in [-0.1, -0.05) is 18.2 Å². The third-order valence-corrected chi connectivity index (χ3v) is 4.22. The Bertz CT molecular complexity index is 906. The first-order chi connectivity index (χ1) is 14.1. The van der Waals surface area contributed by atoms with Gasteiger partial charge in [0, 0.05) is 6.08 Å². The molecule has 0 unspecified atom stereocenters. The number of nitrogens with one attached hydrogen (secondary N) is 1. The molecule has 2 aromatic rings. The average molecular weight is 398 g/mol. The number of ether oxygens (including phenoxy) is 2. The minimum absolute atomic E-state index is 0.0220. The molecule has 1 saturated heterocycles. The Labute approximate surface area is 168 Å². The lowest BCUT2D eigenvalue weighted by Crippen LogP contribution is -2.38. The van der Waals surface area contributed by atoms with Gasteiger partial charge in [0.2, 0.25) is 5.91 Å². The van der Waals surface area contributed by atoms with Crippen molar-refractivity contribution in [2.75, 3.05) is 38.7 Å². The van der Waals surface area contributed by atoms with Crippen molar-refractivity contribution in [1.29, 1.82) is 0 Å². The van der Waals surface area contributed by atoms with Gasteiger partial charge in [-0.15, -0.1) is 5.06 Å². The molecule has 2 N–H and O–H groups in total. The number of carbonyl (C=O) groups excluding carboxylic acids is 2. The van der Waals surface area contributed by atoms with Crippen molar-refractivity contribution in [3.63, 3.8) is 0 Å². The first kappa shape index (κ1) is 20.4. The van der Waals surface area contributed by atoms with E-state index in [0.29, 0.717) is 43.3 Å². The summed E-state index contributed by atoms with van der Waals surface area (Å²) in [4.78, 5) is 30.1. The first-order valence-corrected chi connectivity index (χ1v) is 9.07. The van der Waals surface area contributed by atoms with Crippen LogP contribution in [0.2, 0.25) is 0 Å². The highest BCUT2D eigenvalue weighted by atomic mass is 16.7. The van der Waals surface area contributed by atoms with Gasteiger partial charge in [-0.3, -0.25) is 4.79 Å². The number of hydrogen-bond donors (Lipinski definition) is 2. The van der Waals surface area contributed by atoms with Crippen LogP contribution in [-0.4, -0.2) is 55.5 Å². The smallest absolute Gasteiger partial charge is 0.359 e. The van der Waals surface area contributed by atoms with Crippen molar-refractivity contribution < 1.29 is 29.0 Å². The number of para-hydroxylation sites is 1. The van der Waals surface area contributed by atoms with Crippen molar-refractivity contribution in [3.05, 3.63) is 59.7 Å². The molecular formula is C21H22N2O6. The molecule has 152 valence electrons. The fourth-order valence-electron chi connectivity index (χ4n) is 2.73. The van der Waals surface area contributed by atoms with Crippen molar-refractivity contribution >= 4 is 23.6 Å². The van der Waals surface area contributed by atoms with E-state index in [1.165, 1.54) is 19.3 Å². The molecule has 8 heteroatoms. The van der Waals surface area contributed by atoms with Gasteiger partial charge in [0.05, 0.1) is 44.7 Å². The van der Waals surface area contributed by atoms with Crippen LogP contribution >= 0.6 is 0 Å². The number of carbonyl (C=O) groups is 2. The topological polar surface area (TPSA) is 97.3 Å². The molecular weight excluding hydrogens is 376 g/mol. The van der Waals surface area contributed by atoms with Gasteiger partial charge in [-0.05, 0) is 35.9 Å². The zero-order chi connectivity index (χ0) is 20.6. The Morgan fingerprint density at radius 3 is 2.66 bits per heavy atom. The Kier molecular flexibility index (Phi) is 6.83. The van der Waals surface area contributed by atoms with E-state index >= 15 is 0 Å². The van der Waals surface area contributed by atoms with E-state index in [1.807, 2.05) is 0 Å². The molecule has 1 amide bonds. The van der Waals surface area contributed by atoms with Crippen LogP contribution in [0, 0.1) is 0 Å². The summed E-state index contributed by atoms with van der Waals surface area (Å²) in [5, 5.41) is 14.0. The number of hydrogen-bond acceptors (Lipinski definition) is 7. The third-order valence-electron chi connectivity index (χ3n) is 4.22. The molecule has 0 aliphatic carbocycles. The summed E-state index contributed by atoms with van der Waals surface area (Å²) in [5.74, 6) is -0.649. The molecule has 0 aromatic heterocycles. The summed E-state index contributed by atoms with van der Waals surface area (Å²) in [6, 6.07) is 11.4. The number of nitrogens with zero attached hydrogens (tertiary/aromatic N) is 1. The molecule has 0 radical (unpaired) electrons. The van der Waals surface area contributed by atoms with Crippen molar-refractivity contribution in [2.24, 2.45) is 0 Å². The minimum atomic E-state index is -0.549. The van der Waals surface area contributed by atoms with Crippen LogP contribution in [0.1, 0.15) is 15.9 Å². The number of anilines is 1. The molecule has 0 saturated carbocycles. The summed E-state index contributed by atoms with van der Waals surface area (Å²) < 4.78 is 10.2. The maximum absolute atomic E-state index is 12.5. The fraction of sp³-hybridized carbons (Fsp3) is 0.238. The molecule has 0 bridgehead atoms. The van der Waals surface area contributed by atoms with E-state index < -0.39 is 11.9 Å². The summed E-state index contributed by atoms with van der Waals surface area (Å²) in [6.07, 6.45) is 2.86. The third kappa shape index (κ3) is 5.56. The molecule has 8 nitrogen and oxygen atoms in total. The Balaban J connectivity index is 1.65. The number of morpholine rings is 1. The van der Waals surface area contributed by atoms with E-state index in [1.54, 1.807) is 47.5 Å². The monoisotopic (exact) mass is 398 g/mol. The van der Waals surface area contributed by atoms with Gasteiger partial charge >= 0.3 is 5.97 Å². The van der Waals surface area contributed by atoms with Crippen LogP contribution in [0.5, 0.6) is 11.5 Å². The van der Waals surface area contributed by atoms with E-state index in [-0.39, 0.29) is 11.3 Å². The quantitative estimate of drug-likeness (QED) is 0.722. The number of methoxy groups -OCH3 is 1. The van der Waals surface area contributed by atoms with Crippen LogP contribution in [0.3, 0.4) is 0 Å². The molecule has 0 spiro atoms. The number of benzene rings is 2. The van der Waals surface area contributed by atoms with Gasteiger partial charge in [-0.25, -0.2) is 4.79 Å². The summed E-state index contributed by atoms with van der Waals surface area (Å²) >= 11 is 0. The Morgan fingerprint density at radius 1 is 1.17 bits per heavy atom. The summed E-state index contributed by atoms with van der Waals surface area (Å²) in [5.41, 5.74) is 1.22. The largest absolute Gasteiger partial charge is 0.504 e. The van der Waals surface area contributed by atoms with Crippen LogP contribution < -0.4 is 10.1 Å². The molecule has 29 heavy (non-hydrogen) atoms. The standard InChI is InChI=1S/C21H22N2O6/c1-27-19-8-6-15(14-18(19)24)7-9-20(25)22-17-5-3-2-4-16(17)21(26)29-23-10-12-28-13-11-23/h2-9,14,24H,10-13H2,1H3,(H,22,25)/b9-7+. The zero-order valence-corrected chi connectivity index (χ0v) is 16.0. The highest BCUT2D eigenvalue weighted by Gasteiger charge is 2.19. The van der Waals surface area contributed by atoms with Crippen molar-refractivity contribution in [1.82, 2.24) is 5.06 Å². The normalized spacial score (nSPS) is 14.5. The van der Waals surface area contributed by atoms with Crippen molar-refractivity contribution in [3.8, 4) is 11.5 Å².